The van der Waals surface area contributed by atoms with Crippen molar-refractivity contribution in [2.24, 2.45) is 5.73 Å². The van der Waals surface area contributed by atoms with E-state index in [4.69, 9.17) is 10.2 Å². The van der Waals surface area contributed by atoms with Crippen LogP contribution in [0.3, 0.4) is 0 Å². The van der Waals surface area contributed by atoms with Gasteiger partial charge in [-0.25, -0.2) is 4.98 Å². The van der Waals surface area contributed by atoms with Crippen LogP contribution in [0, 0.1) is 6.92 Å². The number of amides is 1. The molecule has 6 heteroatoms. The number of benzene rings is 1. The van der Waals surface area contributed by atoms with E-state index in [9.17, 15) is 4.79 Å². The smallest absolute Gasteiger partial charge is 0.266 e. The lowest BCUT2D eigenvalue weighted by Gasteiger charge is -2.40. The number of carbonyl (C=O) groups excluding carboxylic acids is 1. The van der Waals surface area contributed by atoms with E-state index in [2.05, 4.69) is 81.9 Å². The fourth-order valence-corrected chi connectivity index (χ4v) is 4.01. The van der Waals surface area contributed by atoms with E-state index < -0.39 is 14.2 Å². The molecule has 27 heavy (non-hydrogen) atoms. The zero-order valence-electron chi connectivity index (χ0n) is 17.6. The number of aromatic amines is 1. The molecule has 0 aliphatic heterocycles. The summed E-state index contributed by atoms with van der Waals surface area (Å²) in [4.78, 5) is 18.7. The minimum atomic E-state index is -1.95. The van der Waals surface area contributed by atoms with Gasteiger partial charge in [0.25, 0.3) is 5.91 Å². The highest BCUT2D eigenvalue weighted by Gasteiger charge is 2.39. The minimum Gasteiger partial charge on any atom is -0.410 e. The van der Waals surface area contributed by atoms with Crippen LogP contribution in [0.2, 0.25) is 18.1 Å². The van der Waals surface area contributed by atoms with E-state index >= 15 is 0 Å². The maximum atomic E-state index is 11.3. The molecule has 1 heterocycles. The van der Waals surface area contributed by atoms with Crippen LogP contribution >= 0.6 is 0 Å². The molecule has 0 bridgehead atoms. The average molecular weight is 388 g/mol. The van der Waals surface area contributed by atoms with Gasteiger partial charge in [0.05, 0.1) is 12.3 Å². The van der Waals surface area contributed by atoms with Crippen molar-refractivity contribution in [1.82, 2.24) is 9.97 Å². The molecule has 5 nitrogen and oxygen atoms in total. The van der Waals surface area contributed by atoms with E-state index in [1.165, 1.54) is 17.3 Å². The van der Waals surface area contributed by atoms with Gasteiger partial charge in [0.15, 0.2) is 8.32 Å². The van der Waals surface area contributed by atoms with Crippen LogP contribution in [-0.4, -0.2) is 24.2 Å². The van der Waals surface area contributed by atoms with Crippen LogP contribution in [0.15, 0.2) is 30.5 Å². The van der Waals surface area contributed by atoms with Crippen LogP contribution in [0.25, 0.3) is 0 Å². The molecule has 1 aromatic carbocycles. The van der Waals surface area contributed by atoms with Crippen molar-refractivity contribution >= 4 is 14.2 Å². The van der Waals surface area contributed by atoms with Gasteiger partial charge < -0.3 is 15.1 Å². The first-order valence-electron chi connectivity index (χ1n) is 9.50. The fourth-order valence-electron chi connectivity index (χ4n) is 2.71. The largest absolute Gasteiger partial charge is 0.410 e. The molecule has 0 aliphatic rings. The Bertz CT molecular complexity index is 775. The van der Waals surface area contributed by atoms with Gasteiger partial charge in [-0.3, -0.25) is 4.79 Å². The van der Waals surface area contributed by atoms with Crippen LogP contribution in [0.1, 0.15) is 73.6 Å². The molecule has 0 saturated heterocycles. The first-order valence-corrected chi connectivity index (χ1v) is 12.4. The molecule has 2 atom stereocenters. The first kappa shape index (κ1) is 21.4. The summed E-state index contributed by atoms with van der Waals surface area (Å²) < 4.78 is 6.78. The molecule has 1 aromatic heterocycles. The highest BCUT2D eigenvalue weighted by Crippen LogP contribution is 2.42. The lowest BCUT2D eigenvalue weighted by molar-refractivity contribution is 0.0996. The number of aromatic nitrogens is 2. The minimum absolute atomic E-state index is 0.0244. The molecule has 0 spiro atoms. The second-order valence-corrected chi connectivity index (χ2v) is 13.7. The van der Waals surface area contributed by atoms with Gasteiger partial charge in [-0.2, -0.15) is 0 Å². The Balaban J connectivity index is 2.28. The summed E-state index contributed by atoms with van der Waals surface area (Å²) in [5.74, 6) is 0.377. The number of imidazole rings is 1. The Morgan fingerprint density at radius 2 is 1.85 bits per heavy atom. The van der Waals surface area contributed by atoms with E-state index in [1.54, 1.807) is 0 Å². The molecular weight excluding hydrogens is 354 g/mol. The molecule has 0 fully saturated rings. The number of primary amides is 1. The first-order chi connectivity index (χ1) is 12.4. The van der Waals surface area contributed by atoms with Gasteiger partial charge >= 0.3 is 0 Å². The molecule has 3 N–H and O–H groups in total. The number of rotatable bonds is 7. The topological polar surface area (TPSA) is 81.0 Å². The predicted octanol–water partition coefficient (Wildman–Crippen LogP) is 5.07. The van der Waals surface area contributed by atoms with Crippen LogP contribution in [0.5, 0.6) is 0 Å². The Morgan fingerprint density at radius 3 is 2.33 bits per heavy atom. The fraction of sp³-hybridized carbons (Fsp3) is 0.524. The highest BCUT2D eigenvalue weighted by atomic mass is 28.4. The number of hydrogen-bond acceptors (Lipinski definition) is 3. The monoisotopic (exact) mass is 387 g/mol. The lowest BCUT2D eigenvalue weighted by Crippen LogP contribution is -2.42. The quantitative estimate of drug-likeness (QED) is 0.651. The summed E-state index contributed by atoms with van der Waals surface area (Å²) in [7, 11) is -1.95. The number of carbonyl (C=O) groups is 1. The number of nitrogens with one attached hydrogen (secondary N) is 1. The third kappa shape index (κ3) is 5.29. The number of nitrogens with zero attached hydrogens (tertiary/aromatic N) is 1. The van der Waals surface area contributed by atoms with Gasteiger partial charge in [-0.05, 0) is 37.0 Å². The van der Waals surface area contributed by atoms with Crippen molar-refractivity contribution < 1.29 is 9.22 Å². The summed E-state index contributed by atoms with van der Waals surface area (Å²) >= 11 is 0. The number of nitrogens with two attached hydrogens (primary N) is 1. The molecule has 1 amide bonds. The van der Waals surface area contributed by atoms with Crippen LogP contribution < -0.4 is 5.73 Å². The third-order valence-electron chi connectivity index (χ3n) is 5.59. The second kappa shape index (κ2) is 7.98. The molecule has 0 radical (unpaired) electrons. The number of aryl methyl sites for hydroxylation is 1. The van der Waals surface area contributed by atoms with Gasteiger partial charge in [0, 0.05) is 5.92 Å². The summed E-state index contributed by atoms with van der Waals surface area (Å²) in [6.45, 7) is 15.5. The van der Waals surface area contributed by atoms with E-state index in [0.29, 0.717) is 5.69 Å². The number of hydrogen-bond donors (Lipinski definition) is 2. The number of H-pyrrole nitrogens is 1. The zero-order valence-corrected chi connectivity index (χ0v) is 18.6. The average Bonchev–Trinajstić information content (AvgIpc) is 3.04. The summed E-state index contributed by atoms with van der Waals surface area (Å²) in [6.07, 6.45) is 2.26. The molecule has 2 rings (SSSR count). The lowest BCUT2D eigenvalue weighted by atomic mass is 9.97. The summed E-state index contributed by atoms with van der Waals surface area (Å²) in [5.41, 5.74) is 8.09. The van der Waals surface area contributed by atoms with E-state index in [0.717, 1.165) is 12.2 Å². The van der Waals surface area contributed by atoms with Gasteiger partial charge in [0.2, 0.25) is 0 Å². The molecular formula is C21H33N3O2Si. The van der Waals surface area contributed by atoms with E-state index in [1.807, 2.05) is 0 Å². The Kier molecular flexibility index (Phi) is 6.32. The Labute approximate surface area is 163 Å². The van der Waals surface area contributed by atoms with Crippen molar-refractivity contribution in [3.8, 4) is 0 Å². The predicted molar refractivity (Wildman–Crippen MR) is 112 cm³/mol. The van der Waals surface area contributed by atoms with Crippen LogP contribution in [0.4, 0.5) is 0 Å². The molecule has 2 unspecified atom stereocenters. The Hall–Kier alpha value is -1.92. The SMILES string of the molecule is Cc1ccc(C(CC(C)c2ncc(C(N)=O)[nH]2)O[Si](C)(C)C(C)(C)C)cc1. The van der Waals surface area contributed by atoms with Crippen molar-refractivity contribution in [2.75, 3.05) is 0 Å². The zero-order chi connectivity index (χ0) is 20.4. The highest BCUT2D eigenvalue weighted by molar-refractivity contribution is 6.74. The van der Waals surface area contributed by atoms with Crippen LogP contribution in [-0.2, 0) is 4.43 Å². The molecule has 148 valence electrons. The van der Waals surface area contributed by atoms with E-state index in [-0.39, 0.29) is 17.1 Å². The molecule has 2 aromatic rings. The van der Waals surface area contributed by atoms with Crippen molar-refractivity contribution in [3.63, 3.8) is 0 Å². The van der Waals surface area contributed by atoms with Gasteiger partial charge in [-0.1, -0.05) is 57.5 Å². The van der Waals surface area contributed by atoms with Gasteiger partial charge in [0.1, 0.15) is 11.5 Å². The molecule has 0 saturated carbocycles. The van der Waals surface area contributed by atoms with Crippen molar-refractivity contribution in [3.05, 3.63) is 53.1 Å². The molecule has 0 aliphatic carbocycles. The second-order valence-electron chi connectivity index (χ2n) is 8.96. The van der Waals surface area contributed by atoms with Crippen molar-refractivity contribution in [2.45, 2.75) is 71.2 Å². The van der Waals surface area contributed by atoms with Crippen molar-refractivity contribution in [1.29, 1.82) is 0 Å². The van der Waals surface area contributed by atoms with Gasteiger partial charge in [-0.15, -0.1) is 0 Å². The summed E-state index contributed by atoms with van der Waals surface area (Å²) in [5, 5.41) is 0.128. The maximum absolute atomic E-state index is 11.3. The Morgan fingerprint density at radius 1 is 1.26 bits per heavy atom. The third-order valence-corrected chi connectivity index (χ3v) is 10.1. The normalized spacial score (nSPS) is 14.8. The summed E-state index contributed by atoms with van der Waals surface area (Å²) in [6, 6.07) is 8.55. The standard InChI is InChI=1S/C21H33N3O2Si/c1-14-8-10-16(11-9-14)18(26-27(6,7)21(3,4)5)12-15(2)20-23-13-17(24-20)19(22)25/h8-11,13,15,18H,12H2,1-7H3,(H2,22,25)(H,23,24). The maximum Gasteiger partial charge on any atom is 0.266 e.